The quantitative estimate of drug-likeness (QED) is 0.0624. The van der Waals surface area contributed by atoms with Crippen molar-refractivity contribution in [3.05, 3.63) is 34.9 Å². The molecule has 0 amide bonds. The van der Waals surface area contributed by atoms with E-state index in [0.29, 0.717) is 0 Å². The highest BCUT2D eigenvalue weighted by Crippen LogP contribution is 2.19. The van der Waals surface area contributed by atoms with Crippen molar-refractivity contribution in [3.8, 4) is 0 Å². The summed E-state index contributed by atoms with van der Waals surface area (Å²) in [6.07, 6.45) is 55.0. The minimum atomic E-state index is 1.28. The number of hydrogen-bond acceptors (Lipinski definition) is 0. The molecule has 0 aliphatic carbocycles. The van der Waals surface area contributed by atoms with Crippen LogP contribution in [-0.4, -0.2) is 0 Å². The van der Waals surface area contributed by atoms with Crippen LogP contribution >= 0.6 is 0 Å². The van der Waals surface area contributed by atoms with Crippen molar-refractivity contribution in [3.63, 3.8) is 0 Å². The van der Waals surface area contributed by atoms with Crippen molar-refractivity contribution in [2.75, 3.05) is 0 Å². The molecule has 47 heavy (non-hydrogen) atoms. The van der Waals surface area contributed by atoms with Gasteiger partial charge in [-0.3, -0.25) is 0 Å². The lowest BCUT2D eigenvalue weighted by atomic mass is 9.97. The number of hydrogen-bond donors (Lipinski definition) is 0. The molecule has 0 unspecified atom stereocenters. The van der Waals surface area contributed by atoms with Gasteiger partial charge in [0.15, 0.2) is 0 Å². The van der Waals surface area contributed by atoms with Gasteiger partial charge in [0.05, 0.1) is 0 Å². The van der Waals surface area contributed by atoms with Gasteiger partial charge in [-0.2, -0.15) is 0 Å². The summed E-state index contributed by atoms with van der Waals surface area (Å²) in [4.78, 5) is 0. The standard InChI is InChI=1S/C47H88/c1-4-6-8-10-12-14-16-18-20-22-24-26-28-30-32-34-36-38-40-46-42-45(3)43-47(44-46)41-39-37-35-33-31-29-27-25-23-21-19-17-15-13-11-9-7-5-2/h42-44H,4-41H2,1-3H3. The van der Waals surface area contributed by atoms with Crippen molar-refractivity contribution in [2.45, 2.75) is 265 Å². The second-order valence-corrected chi connectivity index (χ2v) is 15.8. The van der Waals surface area contributed by atoms with E-state index >= 15 is 0 Å². The maximum atomic E-state index is 2.54. The highest BCUT2D eigenvalue weighted by Gasteiger charge is 2.02. The van der Waals surface area contributed by atoms with Gasteiger partial charge in [-0.1, -0.05) is 256 Å². The summed E-state index contributed by atoms with van der Waals surface area (Å²) < 4.78 is 0. The summed E-state index contributed by atoms with van der Waals surface area (Å²) in [5.41, 5.74) is 4.67. The molecule has 0 heterocycles. The predicted octanol–water partition coefficient (Wildman–Crippen LogP) is 17.2. The van der Waals surface area contributed by atoms with E-state index in [1.54, 1.807) is 11.1 Å². The van der Waals surface area contributed by atoms with Crippen molar-refractivity contribution >= 4 is 0 Å². The molecule has 1 rings (SSSR count). The van der Waals surface area contributed by atoms with Crippen molar-refractivity contribution < 1.29 is 0 Å². The molecular formula is C47H88. The minimum Gasteiger partial charge on any atom is -0.0654 e. The minimum absolute atomic E-state index is 1.28. The van der Waals surface area contributed by atoms with Crippen LogP contribution in [0, 0.1) is 6.92 Å². The first kappa shape index (κ1) is 44.2. The molecule has 0 nitrogen and oxygen atoms in total. The number of rotatable bonds is 38. The average molecular weight is 653 g/mol. The summed E-state index contributed by atoms with van der Waals surface area (Å²) in [6, 6.07) is 7.44. The largest absolute Gasteiger partial charge is 0.0654 e. The molecule has 1 aromatic carbocycles. The fourth-order valence-electron chi connectivity index (χ4n) is 7.70. The Balaban J connectivity index is 1.88. The monoisotopic (exact) mass is 653 g/mol. The molecule has 0 atom stereocenters. The maximum absolute atomic E-state index is 2.54. The van der Waals surface area contributed by atoms with Gasteiger partial charge in [0, 0.05) is 0 Å². The lowest BCUT2D eigenvalue weighted by Gasteiger charge is -2.09. The van der Waals surface area contributed by atoms with Gasteiger partial charge in [-0.25, -0.2) is 0 Å². The summed E-state index contributed by atoms with van der Waals surface area (Å²) >= 11 is 0. The van der Waals surface area contributed by atoms with E-state index in [1.807, 2.05) is 0 Å². The van der Waals surface area contributed by atoms with Crippen LogP contribution in [0.4, 0.5) is 0 Å². The Morgan fingerprint density at radius 3 is 0.660 bits per heavy atom. The molecule has 0 saturated heterocycles. The smallest absolute Gasteiger partial charge is 0.0279 e. The molecule has 276 valence electrons. The molecule has 0 aromatic heterocycles. The van der Waals surface area contributed by atoms with Gasteiger partial charge in [-0.15, -0.1) is 0 Å². The Hall–Kier alpha value is -0.780. The topological polar surface area (TPSA) is 0 Å². The molecule has 0 aliphatic heterocycles. The van der Waals surface area contributed by atoms with Crippen LogP contribution in [0.1, 0.15) is 262 Å². The van der Waals surface area contributed by atoms with Gasteiger partial charge in [0.2, 0.25) is 0 Å². The number of aryl methyl sites for hydroxylation is 3. The highest BCUT2D eigenvalue weighted by atomic mass is 14.1. The maximum Gasteiger partial charge on any atom is -0.0279 e. The lowest BCUT2D eigenvalue weighted by molar-refractivity contribution is 0.525. The van der Waals surface area contributed by atoms with Crippen LogP contribution in [-0.2, 0) is 12.8 Å². The predicted molar refractivity (Wildman–Crippen MR) is 216 cm³/mol. The Morgan fingerprint density at radius 2 is 0.447 bits per heavy atom. The van der Waals surface area contributed by atoms with Crippen LogP contribution in [0.2, 0.25) is 0 Å². The van der Waals surface area contributed by atoms with Crippen LogP contribution in [0.3, 0.4) is 0 Å². The molecule has 1 aromatic rings. The molecule has 0 spiro atoms. The molecular weight excluding hydrogens is 565 g/mol. The van der Waals surface area contributed by atoms with Crippen LogP contribution in [0.25, 0.3) is 0 Å². The van der Waals surface area contributed by atoms with Crippen molar-refractivity contribution in [2.24, 2.45) is 0 Å². The third-order valence-electron chi connectivity index (χ3n) is 10.8. The molecule has 0 saturated carbocycles. The number of benzene rings is 1. The summed E-state index contributed by atoms with van der Waals surface area (Å²) in [6.45, 7) is 6.92. The zero-order valence-corrected chi connectivity index (χ0v) is 33.1. The Bertz CT molecular complexity index is 673. The van der Waals surface area contributed by atoms with Crippen LogP contribution in [0.5, 0.6) is 0 Å². The van der Waals surface area contributed by atoms with E-state index in [1.165, 1.54) is 250 Å². The van der Waals surface area contributed by atoms with E-state index in [4.69, 9.17) is 0 Å². The second-order valence-electron chi connectivity index (χ2n) is 15.8. The number of unbranched alkanes of at least 4 members (excludes halogenated alkanes) is 34. The second kappa shape index (κ2) is 36.5. The lowest BCUT2D eigenvalue weighted by Crippen LogP contribution is -1.93. The highest BCUT2D eigenvalue weighted by molar-refractivity contribution is 5.29. The zero-order chi connectivity index (χ0) is 33.7. The van der Waals surface area contributed by atoms with Crippen LogP contribution in [0.15, 0.2) is 18.2 Å². The fraction of sp³-hybridized carbons (Fsp3) is 0.872. The van der Waals surface area contributed by atoms with E-state index in [2.05, 4.69) is 39.0 Å². The first-order valence-electron chi connectivity index (χ1n) is 22.4. The van der Waals surface area contributed by atoms with Crippen molar-refractivity contribution in [1.82, 2.24) is 0 Å². The summed E-state index contributed by atoms with van der Waals surface area (Å²) in [5.74, 6) is 0. The van der Waals surface area contributed by atoms with Gasteiger partial charge in [0.25, 0.3) is 0 Å². The first-order chi connectivity index (χ1) is 23.3. The van der Waals surface area contributed by atoms with E-state index in [9.17, 15) is 0 Å². The summed E-state index contributed by atoms with van der Waals surface area (Å²) in [7, 11) is 0. The zero-order valence-electron chi connectivity index (χ0n) is 33.1. The van der Waals surface area contributed by atoms with Gasteiger partial charge in [-0.05, 0) is 43.7 Å². The van der Waals surface area contributed by atoms with Gasteiger partial charge in [0.1, 0.15) is 0 Å². The summed E-state index contributed by atoms with van der Waals surface area (Å²) in [5, 5.41) is 0. The molecule has 0 N–H and O–H groups in total. The Kier molecular flexibility index (Phi) is 34.4. The Morgan fingerprint density at radius 1 is 0.255 bits per heavy atom. The van der Waals surface area contributed by atoms with E-state index in [-0.39, 0.29) is 0 Å². The molecule has 0 radical (unpaired) electrons. The third kappa shape index (κ3) is 32.2. The first-order valence-corrected chi connectivity index (χ1v) is 22.4. The molecule has 0 heteroatoms. The van der Waals surface area contributed by atoms with Crippen molar-refractivity contribution in [1.29, 1.82) is 0 Å². The van der Waals surface area contributed by atoms with E-state index < -0.39 is 0 Å². The molecule has 0 aliphatic rings. The normalized spacial score (nSPS) is 11.6. The van der Waals surface area contributed by atoms with Gasteiger partial charge >= 0.3 is 0 Å². The fourth-order valence-corrected chi connectivity index (χ4v) is 7.70. The molecule has 0 bridgehead atoms. The van der Waals surface area contributed by atoms with Gasteiger partial charge < -0.3 is 0 Å². The van der Waals surface area contributed by atoms with Crippen LogP contribution < -0.4 is 0 Å². The van der Waals surface area contributed by atoms with E-state index in [0.717, 1.165) is 0 Å². The Labute approximate surface area is 298 Å². The molecule has 0 fully saturated rings. The third-order valence-corrected chi connectivity index (χ3v) is 10.8. The average Bonchev–Trinajstić information content (AvgIpc) is 3.07. The SMILES string of the molecule is CCCCCCCCCCCCCCCCCCCCc1cc(C)cc(CCCCCCCCCCCCCCCCCCCC)c1.